The van der Waals surface area contributed by atoms with Gasteiger partial charge in [-0.05, 0) is 19.1 Å². The van der Waals surface area contributed by atoms with Crippen LogP contribution in [0.25, 0.3) is 0 Å². The molecule has 0 aliphatic carbocycles. The Labute approximate surface area is 123 Å². The Morgan fingerprint density at radius 1 is 1.42 bits per heavy atom. The van der Waals surface area contributed by atoms with Gasteiger partial charge >= 0.3 is 0 Å². The number of carbonyl (C=O) groups excluding carboxylic acids is 1. The van der Waals surface area contributed by atoms with E-state index in [1.807, 2.05) is 6.92 Å². The van der Waals surface area contributed by atoms with Crippen LogP contribution in [0, 0.1) is 0 Å². The number of nitrogens with zero attached hydrogens (tertiary/aromatic N) is 1. The van der Waals surface area contributed by atoms with Gasteiger partial charge in [0.15, 0.2) is 0 Å². The van der Waals surface area contributed by atoms with Crippen molar-refractivity contribution in [1.82, 2.24) is 4.57 Å². The SMILES string of the molecule is CCn1cc(NC(=O)c2cc(Cl)c(Cl)s2)ccc1=O. The van der Waals surface area contributed by atoms with Crippen molar-refractivity contribution in [3.05, 3.63) is 49.0 Å². The summed E-state index contributed by atoms with van der Waals surface area (Å²) in [4.78, 5) is 23.8. The smallest absolute Gasteiger partial charge is 0.265 e. The number of hydrogen-bond acceptors (Lipinski definition) is 3. The van der Waals surface area contributed by atoms with Gasteiger partial charge in [-0.15, -0.1) is 11.3 Å². The number of rotatable bonds is 3. The molecular weight excluding hydrogens is 307 g/mol. The molecule has 19 heavy (non-hydrogen) atoms. The number of carbonyl (C=O) groups is 1. The fourth-order valence-corrected chi connectivity index (χ4v) is 2.77. The molecule has 0 fully saturated rings. The summed E-state index contributed by atoms with van der Waals surface area (Å²) in [7, 11) is 0. The number of aromatic nitrogens is 1. The second kappa shape index (κ2) is 5.77. The van der Waals surface area contributed by atoms with E-state index in [2.05, 4.69) is 5.32 Å². The average molecular weight is 317 g/mol. The zero-order chi connectivity index (χ0) is 14.0. The van der Waals surface area contributed by atoms with E-state index in [0.29, 0.717) is 26.5 Å². The highest BCUT2D eigenvalue weighted by Gasteiger charge is 2.13. The molecule has 0 unspecified atom stereocenters. The van der Waals surface area contributed by atoms with E-state index in [0.717, 1.165) is 11.3 Å². The molecule has 0 aliphatic rings. The molecule has 0 radical (unpaired) electrons. The van der Waals surface area contributed by atoms with Crippen LogP contribution in [-0.4, -0.2) is 10.5 Å². The van der Waals surface area contributed by atoms with Crippen molar-refractivity contribution in [3.63, 3.8) is 0 Å². The summed E-state index contributed by atoms with van der Waals surface area (Å²) < 4.78 is 1.88. The summed E-state index contributed by atoms with van der Waals surface area (Å²) in [5, 5.41) is 3.05. The van der Waals surface area contributed by atoms with Crippen LogP contribution in [0.5, 0.6) is 0 Å². The van der Waals surface area contributed by atoms with Crippen LogP contribution in [0.15, 0.2) is 29.2 Å². The third kappa shape index (κ3) is 3.18. The van der Waals surface area contributed by atoms with Crippen LogP contribution in [0.1, 0.15) is 16.6 Å². The van der Waals surface area contributed by atoms with E-state index in [1.54, 1.807) is 12.3 Å². The Morgan fingerprint density at radius 2 is 2.16 bits per heavy atom. The van der Waals surface area contributed by atoms with Gasteiger partial charge in [0.1, 0.15) is 4.34 Å². The van der Waals surface area contributed by atoms with E-state index < -0.39 is 0 Å². The number of thiophene rings is 1. The highest BCUT2D eigenvalue weighted by atomic mass is 35.5. The molecule has 2 heterocycles. The minimum atomic E-state index is -0.305. The Balaban J connectivity index is 2.21. The molecule has 0 aromatic carbocycles. The number of hydrogen-bond donors (Lipinski definition) is 1. The minimum Gasteiger partial charge on any atom is -0.320 e. The summed E-state index contributed by atoms with van der Waals surface area (Å²) in [6, 6.07) is 4.48. The Bertz CT molecular complexity index is 659. The van der Waals surface area contributed by atoms with Crippen molar-refractivity contribution in [2.24, 2.45) is 0 Å². The average Bonchev–Trinajstić information content (AvgIpc) is 2.72. The first kappa shape index (κ1) is 14.1. The van der Waals surface area contributed by atoms with Crippen LogP contribution in [0.4, 0.5) is 5.69 Å². The van der Waals surface area contributed by atoms with Crippen LogP contribution >= 0.6 is 34.5 Å². The first-order valence-corrected chi connectivity index (χ1v) is 7.05. The van der Waals surface area contributed by atoms with Crippen LogP contribution < -0.4 is 10.9 Å². The van der Waals surface area contributed by atoms with Gasteiger partial charge in [-0.2, -0.15) is 0 Å². The fourth-order valence-electron chi connectivity index (χ4n) is 1.50. The first-order chi connectivity index (χ1) is 9.01. The lowest BCUT2D eigenvalue weighted by atomic mass is 10.3. The normalized spacial score (nSPS) is 10.5. The van der Waals surface area contributed by atoms with Gasteiger partial charge in [0, 0.05) is 18.8 Å². The monoisotopic (exact) mass is 316 g/mol. The summed E-state index contributed by atoms with van der Waals surface area (Å²) in [5.74, 6) is -0.305. The van der Waals surface area contributed by atoms with Gasteiger partial charge < -0.3 is 9.88 Å². The van der Waals surface area contributed by atoms with Crippen molar-refractivity contribution in [1.29, 1.82) is 0 Å². The molecule has 4 nitrogen and oxygen atoms in total. The lowest BCUT2D eigenvalue weighted by Gasteiger charge is -2.06. The maximum absolute atomic E-state index is 12.0. The molecule has 0 atom stereocenters. The molecule has 7 heteroatoms. The van der Waals surface area contributed by atoms with Crippen molar-refractivity contribution >= 4 is 46.1 Å². The molecule has 0 saturated heterocycles. The minimum absolute atomic E-state index is 0.109. The maximum Gasteiger partial charge on any atom is 0.265 e. The number of anilines is 1. The van der Waals surface area contributed by atoms with Crippen molar-refractivity contribution in [2.75, 3.05) is 5.32 Å². The zero-order valence-corrected chi connectivity index (χ0v) is 12.3. The van der Waals surface area contributed by atoms with Gasteiger partial charge in [0.05, 0.1) is 15.6 Å². The van der Waals surface area contributed by atoms with E-state index >= 15 is 0 Å². The summed E-state index contributed by atoms with van der Waals surface area (Å²) in [5.41, 5.74) is 0.440. The molecular formula is C12H10Cl2N2O2S. The number of halogens is 2. The number of nitrogens with one attached hydrogen (secondary N) is 1. The van der Waals surface area contributed by atoms with Crippen LogP contribution in [0.3, 0.4) is 0 Å². The standard InChI is InChI=1S/C12H10Cl2N2O2S/c1-2-16-6-7(3-4-10(16)17)15-12(18)9-5-8(13)11(14)19-9/h3-6H,2H2,1H3,(H,15,18). The molecule has 0 saturated carbocycles. The molecule has 0 spiro atoms. The molecule has 100 valence electrons. The largest absolute Gasteiger partial charge is 0.320 e. The molecule has 2 rings (SSSR count). The number of amides is 1. The molecule has 2 aromatic heterocycles. The lowest BCUT2D eigenvalue weighted by Crippen LogP contribution is -2.19. The van der Waals surface area contributed by atoms with Crippen molar-refractivity contribution < 1.29 is 4.79 Å². The van der Waals surface area contributed by atoms with Crippen molar-refractivity contribution in [2.45, 2.75) is 13.5 Å². The third-order valence-electron chi connectivity index (χ3n) is 2.45. The van der Waals surface area contributed by atoms with Crippen molar-refractivity contribution in [3.8, 4) is 0 Å². The summed E-state index contributed by atoms with van der Waals surface area (Å²) in [6.45, 7) is 2.39. The van der Waals surface area contributed by atoms with E-state index in [4.69, 9.17) is 23.2 Å². The molecule has 1 N–H and O–H groups in total. The second-order valence-electron chi connectivity index (χ2n) is 3.73. The Hall–Kier alpha value is -1.30. The van der Waals surface area contributed by atoms with E-state index in [1.165, 1.54) is 16.7 Å². The third-order valence-corrected chi connectivity index (χ3v) is 4.32. The van der Waals surface area contributed by atoms with E-state index in [9.17, 15) is 9.59 Å². The van der Waals surface area contributed by atoms with Gasteiger partial charge in [-0.3, -0.25) is 9.59 Å². The number of aryl methyl sites for hydroxylation is 1. The molecule has 1 amide bonds. The van der Waals surface area contributed by atoms with Crippen LogP contribution in [0.2, 0.25) is 9.36 Å². The summed E-state index contributed by atoms with van der Waals surface area (Å²) >= 11 is 12.7. The van der Waals surface area contributed by atoms with Gasteiger partial charge in [-0.1, -0.05) is 23.2 Å². The molecule has 2 aromatic rings. The predicted octanol–water partition coefficient (Wildman–Crippen LogP) is 3.49. The highest BCUT2D eigenvalue weighted by Crippen LogP contribution is 2.31. The first-order valence-electron chi connectivity index (χ1n) is 5.48. The van der Waals surface area contributed by atoms with Gasteiger partial charge in [0.25, 0.3) is 11.5 Å². The lowest BCUT2D eigenvalue weighted by molar-refractivity contribution is 0.103. The van der Waals surface area contributed by atoms with Gasteiger partial charge in [-0.25, -0.2) is 0 Å². The second-order valence-corrected chi connectivity index (χ2v) is 5.79. The fraction of sp³-hybridized carbons (Fsp3) is 0.167. The zero-order valence-electron chi connectivity index (χ0n) is 9.94. The Morgan fingerprint density at radius 3 is 2.74 bits per heavy atom. The molecule has 0 bridgehead atoms. The maximum atomic E-state index is 12.0. The van der Waals surface area contributed by atoms with Gasteiger partial charge in [0.2, 0.25) is 0 Å². The van der Waals surface area contributed by atoms with E-state index in [-0.39, 0.29) is 11.5 Å². The number of pyridine rings is 1. The Kier molecular flexibility index (Phi) is 4.29. The highest BCUT2D eigenvalue weighted by molar-refractivity contribution is 7.18. The van der Waals surface area contributed by atoms with Crippen LogP contribution in [-0.2, 0) is 6.54 Å². The topological polar surface area (TPSA) is 51.1 Å². The molecule has 0 aliphatic heterocycles. The summed E-state index contributed by atoms with van der Waals surface area (Å²) in [6.07, 6.45) is 1.59. The predicted molar refractivity (Wildman–Crippen MR) is 78.7 cm³/mol. The quantitative estimate of drug-likeness (QED) is 0.942.